The fourth-order valence-electron chi connectivity index (χ4n) is 8.44. The van der Waals surface area contributed by atoms with E-state index in [0.29, 0.717) is 31.0 Å². The molecule has 0 aromatic heterocycles. The normalized spacial score (nSPS) is 26.7. The number of carbonyl (C=O) groups excluding carboxylic acids is 3. The van der Waals surface area contributed by atoms with Crippen LogP contribution >= 0.6 is 0 Å². The molecule has 53 heavy (non-hydrogen) atoms. The van der Waals surface area contributed by atoms with Crippen LogP contribution < -0.4 is 16.4 Å². The Morgan fingerprint density at radius 2 is 1.11 bits per heavy atom. The minimum atomic E-state index is -0.164. The van der Waals surface area contributed by atoms with Gasteiger partial charge in [-0.25, -0.2) is 4.79 Å². The lowest BCUT2D eigenvalue weighted by molar-refractivity contribution is -0.160. The van der Waals surface area contributed by atoms with Crippen LogP contribution in [0.4, 0.5) is 10.5 Å². The number of urea groups is 1. The number of nitrogens with zero attached hydrogens (tertiary/aromatic N) is 2. The summed E-state index contributed by atoms with van der Waals surface area (Å²) in [4.78, 5) is 41.1. The molecule has 4 fully saturated rings. The second-order valence-corrected chi connectivity index (χ2v) is 15.3. The number of cyclic esters (lactones) is 2. The molecule has 284 valence electrons. The van der Waals surface area contributed by atoms with Crippen molar-refractivity contribution in [3.8, 4) is 0 Å². The maximum atomic E-state index is 12.5. The van der Waals surface area contributed by atoms with Crippen LogP contribution in [0, 0.1) is 11.8 Å². The number of carbonyl (C=O) groups is 3. The van der Waals surface area contributed by atoms with E-state index in [-0.39, 0.29) is 36.2 Å². The third-order valence-corrected chi connectivity index (χ3v) is 11.0. The number of anilines is 1. The van der Waals surface area contributed by atoms with Crippen LogP contribution in [0.3, 0.4) is 0 Å². The summed E-state index contributed by atoms with van der Waals surface area (Å²) in [5.41, 5.74) is 9.43. The fourth-order valence-corrected chi connectivity index (χ4v) is 8.44. The molecule has 2 amide bonds. The zero-order valence-corrected chi connectivity index (χ0v) is 31.0. The van der Waals surface area contributed by atoms with Crippen LogP contribution in [0.5, 0.6) is 0 Å². The summed E-state index contributed by atoms with van der Waals surface area (Å²) in [7, 11) is 0. The van der Waals surface area contributed by atoms with Gasteiger partial charge in [0.15, 0.2) is 0 Å². The Morgan fingerprint density at radius 1 is 0.642 bits per heavy atom. The Kier molecular flexibility index (Phi) is 14.3. The number of hydrogen-bond acceptors (Lipinski definition) is 8. The van der Waals surface area contributed by atoms with Crippen molar-refractivity contribution in [2.45, 2.75) is 88.5 Å². The number of nitrogens with one attached hydrogen (secondary N) is 2. The second-order valence-electron chi connectivity index (χ2n) is 15.3. The summed E-state index contributed by atoms with van der Waals surface area (Å²) in [5, 5.41) is 6.09. The summed E-state index contributed by atoms with van der Waals surface area (Å²) >= 11 is 0. The molecule has 7 rings (SSSR count). The topological polar surface area (TPSA) is 126 Å². The molecule has 3 aromatic rings. The SMILES string of the molecule is N[C@@H]1CCCC[C@H]1CN1CC(=O)O[C@@H](Cc2ccccc2)C1.O=C(Nc1ccccc1)N[C@@H]1CCCC[C@H]1CN1CC(=O)O[C@@H](Cc2ccccc2)C1. The average molecular weight is 724 g/mol. The smallest absolute Gasteiger partial charge is 0.320 e. The summed E-state index contributed by atoms with van der Waals surface area (Å²) in [6, 6.07) is 30.1. The second kappa shape index (κ2) is 19.7. The van der Waals surface area contributed by atoms with Crippen LogP contribution in [0.1, 0.15) is 62.5 Å². The van der Waals surface area contributed by atoms with Gasteiger partial charge in [-0.1, -0.05) is 105 Å². The average Bonchev–Trinajstić information content (AvgIpc) is 3.14. The van der Waals surface area contributed by atoms with Gasteiger partial charge in [0.05, 0.1) is 13.1 Å². The van der Waals surface area contributed by atoms with Crippen molar-refractivity contribution in [3.63, 3.8) is 0 Å². The largest absolute Gasteiger partial charge is 0.460 e. The van der Waals surface area contributed by atoms with Crippen LogP contribution in [0.25, 0.3) is 0 Å². The van der Waals surface area contributed by atoms with Crippen molar-refractivity contribution in [3.05, 3.63) is 102 Å². The lowest BCUT2D eigenvalue weighted by atomic mass is 9.84. The zero-order chi connectivity index (χ0) is 36.8. The number of morpholine rings is 2. The van der Waals surface area contributed by atoms with Crippen molar-refractivity contribution in [1.29, 1.82) is 0 Å². The van der Waals surface area contributed by atoms with Crippen molar-refractivity contribution in [1.82, 2.24) is 15.1 Å². The van der Waals surface area contributed by atoms with Gasteiger partial charge in [-0.3, -0.25) is 19.4 Å². The molecule has 0 spiro atoms. The van der Waals surface area contributed by atoms with Gasteiger partial charge < -0.3 is 25.8 Å². The lowest BCUT2D eigenvalue weighted by Gasteiger charge is -2.38. The molecule has 0 bridgehead atoms. The number of ether oxygens (including phenoxy) is 2. The molecule has 2 aliphatic heterocycles. The predicted octanol–water partition coefficient (Wildman–Crippen LogP) is 5.81. The standard InChI is InChI=1S/C25H31N3O3.C18H26N2O2/c29-24-18-28(17-22(31-24)15-19-9-3-1-4-10-19)16-20-11-7-8-14-23(20)27-25(30)26-21-12-5-2-6-13-21;19-17-9-5-4-8-15(17)11-20-12-16(22-18(21)13-20)10-14-6-2-1-3-7-14/h1-6,9-10,12-13,20,22-23H,7-8,11,14-18H2,(H2,26,27,30);1-3,6-7,15-17H,4-5,8-13,19H2/t20-,22-,23+;15-,16-,17+/m00/s1. The lowest BCUT2D eigenvalue weighted by Crippen LogP contribution is -2.52. The minimum absolute atomic E-state index is 0.0385. The molecule has 10 nitrogen and oxygen atoms in total. The first-order chi connectivity index (χ1) is 25.9. The van der Waals surface area contributed by atoms with E-state index in [1.165, 1.54) is 30.4 Å². The van der Waals surface area contributed by atoms with Crippen LogP contribution in [-0.2, 0) is 31.9 Å². The van der Waals surface area contributed by atoms with Gasteiger partial charge >= 0.3 is 18.0 Å². The molecule has 0 unspecified atom stereocenters. The Morgan fingerprint density at radius 3 is 1.66 bits per heavy atom. The number of rotatable bonds is 10. The van der Waals surface area contributed by atoms with E-state index < -0.39 is 0 Å². The predicted molar refractivity (Wildman–Crippen MR) is 207 cm³/mol. The molecule has 3 aromatic carbocycles. The Balaban J connectivity index is 0.000000192. The summed E-state index contributed by atoms with van der Waals surface area (Å²) in [6.07, 6.45) is 10.5. The van der Waals surface area contributed by atoms with Gasteiger partial charge in [-0.2, -0.15) is 0 Å². The van der Waals surface area contributed by atoms with Gasteiger partial charge in [0, 0.05) is 56.8 Å². The molecule has 2 aliphatic carbocycles. The maximum absolute atomic E-state index is 12.5. The highest BCUT2D eigenvalue weighted by molar-refractivity contribution is 5.89. The molecule has 2 heterocycles. The first-order valence-corrected chi connectivity index (χ1v) is 19.7. The van der Waals surface area contributed by atoms with Gasteiger partial charge in [0.2, 0.25) is 0 Å². The molecule has 2 saturated carbocycles. The van der Waals surface area contributed by atoms with Crippen molar-refractivity contribution in [2.75, 3.05) is 44.6 Å². The first-order valence-electron chi connectivity index (χ1n) is 19.7. The van der Waals surface area contributed by atoms with E-state index in [4.69, 9.17) is 15.2 Å². The first kappa shape index (κ1) is 38.5. The zero-order valence-electron chi connectivity index (χ0n) is 31.0. The van der Waals surface area contributed by atoms with Gasteiger partial charge in [0.1, 0.15) is 12.2 Å². The van der Waals surface area contributed by atoms with E-state index in [2.05, 4.69) is 44.7 Å². The quantitative estimate of drug-likeness (QED) is 0.224. The molecule has 2 saturated heterocycles. The van der Waals surface area contributed by atoms with Crippen LogP contribution in [0.2, 0.25) is 0 Å². The van der Waals surface area contributed by atoms with Gasteiger partial charge in [-0.15, -0.1) is 0 Å². The molecular formula is C43H57N5O5. The molecule has 10 heteroatoms. The fraction of sp³-hybridized carbons (Fsp3) is 0.512. The number of amides is 2. The van der Waals surface area contributed by atoms with Gasteiger partial charge in [-0.05, 0) is 60.8 Å². The number of esters is 2. The van der Waals surface area contributed by atoms with E-state index in [0.717, 1.165) is 76.8 Å². The third-order valence-electron chi connectivity index (χ3n) is 11.0. The number of benzene rings is 3. The molecule has 4 aliphatic rings. The molecule has 4 N–H and O–H groups in total. The third kappa shape index (κ3) is 12.4. The molecule has 0 radical (unpaired) electrons. The van der Waals surface area contributed by atoms with E-state index >= 15 is 0 Å². The summed E-state index contributed by atoms with van der Waals surface area (Å²) < 4.78 is 11.1. The number of para-hydroxylation sites is 1. The highest BCUT2D eigenvalue weighted by atomic mass is 16.6. The molecule has 6 atom stereocenters. The number of hydrogen-bond donors (Lipinski definition) is 3. The van der Waals surface area contributed by atoms with Crippen LogP contribution in [-0.4, -0.2) is 91.3 Å². The highest BCUT2D eigenvalue weighted by Crippen LogP contribution is 2.27. The Bertz CT molecular complexity index is 1580. The van der Waals surface area contributed by atoms with Crippen molar-refractivity contribution < 1.29 is 23.9 Å². The van der Waals surface area contributed by atoms with E-state index in [1.54, 1.807) is 0 Å². The number of nitrogens with two attached hydrogens (primary N) is 1. The summed E-state index contributed by atoms with van der Waals surface area (Å²) in [6.45, 7) is 4.03. The monoisotopic (exact) mass is 723 g/mol. The minimum Gasteiger partial charge on any atom is -0.460 e. The van der Waals surface area contributed by atoms with Crippen LogP contribution in [0.15, 0.2) is 91.0 Å². The van der Waals surface area contributed by atoms with Crippen molar-refractivity contribution in [2.24, 2.45) is 17.6 Å². The van der Waals surface area contributed by atoms with Crippen molar-refractivity contribution >= 4 is 23.7 Å². The Hall–Kier alpha value is -4.25. The Labute approximate surface area is 314 Å². The summed E-state index contributed by atoms with van der Waals surface area (Å²) in [5.74, 6) is 0.599. The maximum Gasteiger partial charge on any atom is 0.320 e. The van der Waals surface area contributed by atoms with Gasteiger partial charge in [0.25, 0.3) is 0 Å². The van der Waals surface area contributed by atoms with E-state index in [1.807, 2.05) is 66.7 Å². The molecular weight excluding hydrogens is 667 g/mol. The van der Waals surface area contributed by atoms with E-state index in [9.17, 15) is 14.4 Å². The highest BCUT2D eigenvalue weighted by Gasteiger charge is 2.33.